The maximum absolute atomic E-state index is 10.6. The van der Waals surface area contributed by atoms with Gasteiger partial charge < -0.3 is 15.1 Å². The van der Waals surface area contributed by atoms with Crippen molar-refractivity contribution in [1.82, 2.24) is 9.88 Å². The van der Waals surface area contributed by atoms with E-state index in [1.54, 1.807) is 6.20 Å². The van der Waals surface area contributed by atoms with Gasteiger partial charge in [0.15, 0.2) is 0 Å². The van der Waals surface area contributed by atoms with Gasteiger partial charge in [-0.05, 0) is 61.3 Å². The molecule has 144 valence electrons. The second-order valence-corrected chi connectivity index (χ2v) is 8.21. The molecule has 2 N–H and O–H groups in total. The van der Waals surface area contributed by atoms with Crippen LogP contribution in [0.15, 0.2) is 48.7 Å². The molecule has 0 radical (unpaired) electrons. The first-order valence-corrected chi connectivity index (χ1v) is 10.2. The lowest BCUT2D eigenvalue weighted by Crippen LogP contribution is -2.43. The predicted molar refractivity (Wildman–Crippen MR) is 106 cm³/mol. The Morgan fingerprint density at radius 2 is 1.93 bits per heavy atom. The summed E-state index contributed by atoms with van der Waals surface area (Å²) in [6.07, 6.45) is 5.29. The standard InChI is InChI=1S/C23H30N2O2/c26-16-20-15-25(12-10-21(20)18-5-2-1-3-6-18)14-17-8-9-19-7-4-11-24-23(19)22(27)13-17/h1-7,11,17,20-22,26-27H,8-10,12-16H2/t17-,20?,21?,22+/m1/s1. The van der Waals surface area contributed by atoms with E-state index in [4.69, 9.17) is 0 Å². The molecule has 0 saturated carbocycles. The van der Waals surface area contributed by atoms with Crippen LogP contribution in [-0.2, 0) is 6.42 Å². The van der Waals surface area contributed by atoms with Gasteiger partial charge in [-0.1, -0.05) is 36.4 Å². The number of hydrogen-bond acceptors (Lipinski definition) is 4. The number of benzene rings is 1. The number of rotatable bonds is 4. The van der Waals surface area contributed by atoms with Crippen LogP contribution in [-0.4, -0.2) is 46.3 Å². The van der Waals surface area contributed by atoms with E-state index in [0.29, 0.717) is 11.8 Å². The van der Waals surface area contributed by atoms with Gasteiger partial charge >= 0.3 is 0 Å². The van der Waals surface area contributed by atoms with Gasteiger partial charge in [-0.25, -0.2) is 0 Å². The minimum Gasteiger partial charge on any atom is -0.396 e. The van der Waals surface area contributed by atoms with Crippen molar-refractivity contribution in [1.29, 1.82) is 0 Å². The highest BCUT2D eigenvalue weighted by atomic mass is 16.3. The maximum atomic E-state index is 10.6. The molecule has 4 rings (SSSR count). The molecule has 2 aliphatic rings. The Kier molecular flexibility index (Phi) is 5.86. The quantitative estimate of drug-likeness (QED) is 0.816. The Morgan fingerprint density at radius 1 is 1.07 bits per heavy atom. The van der Waals surface area contributed by atoms with Crippen LogP contribution in [0.5, 0.6) is 0 Å². The Balaban J connectivity index is 1.38. The summed E-state index contributed by atoms with van der Waals surface area (Å²) in [5.41, 5.74) is 3.42. The van der Waals surface area contributed by atoms with Crippen molar-refractivity contribution < 1.29 is 10.2 Å². The predicted octanol–water partition coefficient (Wildman–Crippen LogP) is 3.17. The van der Waals surface area contributed by atoms with E-state index in [1.165, 1.54) is 11.1 Å². The normalized spacial score (nSPS) is 29.1. The second-order valence-electron chi connectivity index (χ2n) is 8.21. The fourth-order valence-corrected chi connectivity index (χ4v) is 5.00. The zero-order valence-corrected chi connectivity index (χ0v) is 15.9. The smallest absolute Gasteiger partial charge is 0.0965 e. The van der Waals surface area contributed by atoms with E-state index in [2.05, 4.69) is 46.3 Å². The van der Waals surface area contributed by atoms with Crippen molar-refractivity contribution in [3.8, 4) is 0 Å². The molecular weight excluding hydrogens is 336 g/mol. The molecule has 27 heavy (non-hydrogen) atoms. The van der Waals surface area contributed by atoms with Crippen LogP contribution < -0.4 is 0 Å². The zero-order chi connectivity index (χ0) is 18.6. The van der Waals surface area contributed by atoms with E-state index in [1.807, 2.05) is 6.07 Å². The summed E-state index contributed by atoms with van der Waals surface area (Å²) in [7, 11) is 0. The van der Waals surface area contributed by atoms with Gasteiger partial charge in [0.1, 0.15) is 0 Å². The van der Waals surface area contributed by atoms with Crippen molar-refractivity contribution in [2.24, 2.45) is 11.8 Å². The Morgan fingerprint density at radius 3 is 2.74 bits per heavy atom. The number of hydrogen-bond donors (Lipinski definition) is 2. The molecule has 0 spiro atoms. The molecule has 1 aromatic heterocycles. The van der Waals surface area contributed by atoms with Crippen LogP contribution in [0.4, 0.5) is 0 Å². The van der Waals surface area contributed by atoms with Crippen molar-refractivity contribution in [3.05, 3.63) is 65.5 Å². The van der Waals surface area contributed by atoms with Gasteiger partial charge in [0.05, 0.1) is 11.8 Å². The monoisotopic (exact) mass is 366 g/mol. The Hall–Kier alpha value is -1.75. The van der Waals surface area contributed by atoms with E-state index >= 15 is 0 Å². The average Bonchev–Trinajstić information content (AvgIpc) is 2.87. The fourth-order valence-electron chi connectivity index (χ4n) is 5.00. The lowest BCUT2D eigenvalue weighted by Gasteiger charge is -2.39. The van der Waals surface area contributed by atoms with Crippen molar-refractivity contribution in [2.45, 2.75) is 37.7 Å². The highest BCUT2D eigenvalue weighted by Crippen LogP contribution is 2.35. The number of aliphatic hydroxyl groups is 2. The summed E-state index contributed by atoms with van der Waals surface area (Å²) in [6, 6.07) is 14.7. The van der Waals surface area contributed by atoms with E-state index in [0.717, 1.165) is 51.0 Å². The summed E-state index contributed by atoms with van der Waals surface area (Å²) in [5, 5.41) is 20.6. The van der Waals surface area contributed by atoms with Crippen molar-refractivity contribution in [2.75, 3.05) is 26.2 Å². The summed E-state index contributed by atoms with van der Waals surface area (Å²) < 4.78 is 0. The van der Waals surface area contributed by atoms with Gasteiger partial charge in [-0.3, -0.25) is 4.98 Å². The molecule has 4 nitrogen and oxygen atoms in total. The van der Waals surface area contributed by atoms with Crippen LogP contribution in [0, 0.1) is 11.8 Å². The first-order chi connectivity index (χ1) is 13.2. The molecule has 1 aromatic carbocycles. The SMILES string of the molecule is OCC1CN(C[C@@H]2CCc3cccnc3[C@@H](O)C2)CCC1c1ccccc1. The number of piperidine rings is 1. The van der Waals surface area contributed by atoms with E-state index in [-0.39, 0.29) is 12.5 Å². The number of aromatic nitrogens is 1. The second kappa shape index (κ2) is 8.51. The van der Waals surface area contributed by atoms with Crippen molar-refractivity contribution >= 4 is 0 Å². The largest absolute Gasteiger partial charge is 0.396 e. The van der Waals surface area contributed by atoms with E-state index in [9.17, 15) is 10.2 Å². The molecule has 4 heteroatoms. The fraction of sp³-hybridized carbons (Fsp3) is 0.522. The molecule has 2 unspecified atom stereocenters. The molecule has 1 fully saturated rings. The molecule has 4 atom stereocenters. The molecule has 0 bridgehead atoms. The van der Waals surface area contributed by atoms with Crippen LogP contribution in [0.25, 0.3) is 0 Å². The van der Waals surface area contributed by atoms with Gasteiger partial charge in [-0.2, -0.15) is 0 Å². The van der Waals surface area contributed by atoms with Crippen LogP contribution in [0.1, 0.15) is 48.1 Å². The zero-order valence-electron chi connectivity index (χ0n) is 15.9. The summed E-state index contributed by atoms with van der Waals surface area (Å²) in [6.45, 7) is 3.24. The minimum absolute atomic E-state index is 0.235. The molecular formula is C23H30N2O2. The number of pyridine rings is 1. The van der Waals surface area contributed by atoms with Gasteiger partial charge in [0.2, 0.25) is 0 Å². The van der Waals surface area contributed by atoms with Crippen LogP contribution in [0.2, 0.25) is 0 Å². The lowest BCUT2D eigenvalue weighted by molar-refractivity contribution is 0.0751. The number of fused-ring (bicyclic) bond motifs is 1. The lowest BCUT2D eigenvalue weighted by atomic mass is 9.80. The number of nitrogens with zero attached hydrogens (tertiary/aromatic N) is 2. The summed E-state index contributed by atoms with van der Waals surface area (Å²) in [4.78, 5) is 6.91. The molecule has 0 amide bonds. The summed E-state index contributed by atoms with van der Waals surface area (Å²) in [5.74, 6) is 1.21. The topological polar surface area (TPSA) is 56.6 Å². The highest BCUT2D eigenvalue weighted by Gasteiger charge is 2.32. The third-order valence-corrected chi connectivity index (χ3v) is 6.42. The minimum atomic E-state index is -0.454. The van der Waals surface area contributed by atoms with Crippen molar-refractivity contribution in [3.63, 3.8) is 0 Å². The average molecular weight is 367 g/mol. The first kappa shape index (κ1) is 18.6. The Labute approximate surface area is 161 Å². The first-order valence-electron chi connectivity index (χ1n) is 10.2. The maximum Gasteiger partial charge on any atom is 0.0965 e. The van der Waals surface area contributed by atoms with Gasteiger partial charge in [0, 0.05) is 31.8 Å². The third-order valence-electron chi connectivity index (χ3n) is 6.42. The highest BCUT2D eigenvalue weighted by molar-refractivity contribution is 5.24. The van der Waals surface area contributed by atoms with E-state index < -0.39 is 6.10 Å². The molecule has 1 saturated heterocycles. The van der Waals surface area contributed by atoms with Crippen LogP contribution >= 0.6 is 0 Å². The number of aliphatic hydroxyl groups excluding tert-OH is 2. The Bertz CT molecular complexity index is 736. The van der Waals surface area contributed by atoms with Crippen LogP contribution in [0.3, 0.4) is 0 Å². The molecule has 1 aliphatic carbocycles. The molecule has 1 aliphatic heterocycles. The molecule has 2 heterocycles. The third kappa shape index (κ3) is 4.23. The number of aryl methyl sites for hydroxylation is 1. The number of likely N-dealkylation sites (tertiary alicyclic amines) is 1. The van der Waals surface area contributed by atoms with Gasteiger partial charge in [0.25, 0.3) is 0 Å². The van der Waals surface area contributed by atoms with Gasteiger partial charge in [-0.15, -0.1) is 0 Å². The summed E-state index contributed by atoms with van der Waals surface area (Å²) >= 11 is 0. The molecule has 2 aromatic rings.